The van der Waals surface area contributed by atoms with Gasteiger partial charge in [0.1, 0.15) is 5.75 Å². The van der Waals surface area contributed by atoms with Gasteiger partial charge >= 0.3 is 0 Å². The molecule has 1 aromatic carbocycles. The van der Waals surface area contributed by atoms with Gasteiger partial charge in [-0.3, -0.25) is 4.79 Å². The van der Waals surface area contributed by atoms with Crippen LogP contribution in [0.2, 0.25) is 0 Å². The van der Waals surface area contributed by atoms with Gasteiger partial charge in [-0.25, -0.2) is 13.6 Å². The van der Waals surface area contributed by atoms with Crippen molar-refractivity contribution in [2.75, 3.05) is 5.32 Å². The minimum Gasteiger partial charge on any atom is -0.478 e. The van der Waals surface area contributed by atoms with Crippen LogP contribution >= 0.6 is 0 Å². The number of hydrogen-bond acceptors (Lipinski definition) is 4. The van der Waals surface area contributed by atoms with E-state index >= 15 is 0 Å². The van der Waals surface area contributed by atoms with Crippen LogP contribution in [0.15, 0.2) is 23.1 Å². The van der Waals surface area contributed by atoms with Crippen molar-refractivity contribution >= 4 is 21.6 Å². The number of nitrogens with one attached hydrogen (secondary N) is 1. The second kappa shape index (κ2) is 4.25. The van der Waals surface area contributed by atoms with Crippen molar-refractivity contribution in [3.05, 3.63) is 18.2 Å². The van der Waals surface area contributed by atoms with Gasteiger partial charge in [0.05, 0.1) is 10.6 Å². The zero-order chi connectivity index (χ0) is 13.5. The summed E-state index contributed by atoms with van der Waals surface area (Å²) in [6, 6.07) is 4.13. The Kier molecular flexibility index (Phi) is 3.04. The summed E-state index contributed by atoms with van der Waals surface area (Å²) in [6.07, 6.45) is -0.571. The molecule has 6 nitrogen and oxygen atoms in total. The molecule has 0 spiro atoms. The lowest BCUT2D eigenvalue weighted by atomic mass is 10.0. The molecule has 2 rings (SSSR count). The molecule has 98 valence electrons. The van der Waals surface area contributed by atoms with E-state index in [0.717, 1.165) is 0 Å². The molecule has 1 unspecified atom stereocenters. The van der Waals surface area contributed by atoms with Crippen molar-refractivity contribution in [1.82, 2.24) is 0 Å². The van der Waals surface area contributed by atoms with Gasteiger partial charge in [-0.15, -0.1) is 0 Å². The van der Waals surface area contributed by atoms with Gasteiger partial charge in [0.25, 0.3) is 5.91 Å². The molecule has 1 aliphatic heterocycles. The summed E-state index contributed by atoms with van der Waals surface area (Å²) in [5, 5.41) is 7.64. The molecule has 1 atom stereocenters. The third-order valence-corrected chi connectivity index (χ3v) is 3.57. The van der Waals surface area contributed by atoms with Gasteiger partial charge in [0, 0.05) is 0 Å². The Balaban J connectivity index is 2.41. The van der Waals surface area contributed by atoms with Gasteiger partial charge < -0.3 is 10.1 Å². The summed E-state index contributed by atoms with van der Waals surface area (Å²) in [5.41, 5.74) is 0.323. The summed E-state index contributed by atoms with van der Waals surface area (Å²) < 4.78 is 27.9. The number of carbonyl (C=O) groups is 1. The summed E-state index contributed by atoms with van der Waals surface area (Å²) >= 11 is 0. The molecule has 0 saturated heterocycles. The molecule has 1 aliphatic rings. The Morgan fingerprint density at radius 2 is 2.06 bits per heavy atom. The molecule has 18 heavy (non-hydrogen) atoms. The summed E-state index contributed by atoms with van der Waals surface area (Å²) in [6.45, 7) is 3.74. The summed E-state index contributed by atoms with van der Waals surface area (Å²) in [5.74, 6) is 0.181. The number of primary sulfonamides is 1. The topological polar surface area (TPSA) is 98.5 Å². The highest BCUT2D eigenvalue weighted by Crippen LogP contribution is 2.33. The molecule has 0 aromatic heterocycles. The maximum Gasteiger partial charge on any atom is 0.265 e. The normalized spacial score (nSPS) is 19.1. The molecule has 1 heterocycles. The highest BCUT2D eigenvalue weighted by Gasteiger charge is 2.30. The van der Waals surface area contributed by atoms with Crippen LogP contribution in [0.1, 0.15) is 13.8 Å². The Labute approximate surface area is 105 Å². The Hall–Kier alpha value is -1.60. The van der Waals surface area contributed by atoms with E-state index in [1.165, 1.54) is 18.2 Å². The lowest BCUT2D eigenvalue weighted by molar-refractivity contribution is -0.125. The third-order valence-electron chi connectivity index (χ3n) is 2.66. The number of sulfonamides is 1. The third kappa shape index (κ3) is 2.32. The fourth-order valence-corrected chi connectivity index (χ4v) is 2.26. The quantitative estimate of drug-likeness (QED) is 0.826. The van der Waals surface area contributed by atoms with Crippen LogP contribution in [0.25, 0.3) is 0 Å². The van der Waals surface area contributed by atoms with Crippen molar-refractivity contribution < 1.29 is 17.9 Å². The number of hydrogen-bond donors (Lipinski definition) is 2. The van der Waals surface area contributed by atoms with E-state index in [4.69, 9.17) is 9.88 Å². The Morgan fingerprint density at radius 1 is 1.39 bits per heavy atom. The molecule has 0 aliphatic carbocycles. The molecule has 1 amide bonds. The van der Waals surface area contributed by atoms with Crippen molar-refractivity contribution in [2.45, 2.75) is 24.8 Å². The van der Waals surface area contributed by atoms with Crippen molar-refractivity contribution in [1.29, 1.82) is 0 Å². The monoisotopic (exact) mass is 270 g/mol. The molecule has 0 radical (unpaired) electrons. The minimum atomic E-state index is -3.79. The maximum atomic E-state index is 11.7. The molecular weight excluding hydrogens is 256 g/mol. The lowest BCUT2D eigenvalue weighted by Crippen LogP contribution is -2.40. The fraction of sp³-hybridized carbons (Fsp3) is 0.364. The highest BCUT2D eigenvalue weighted by molar-refractivity contribution is 7.89. The average Bonchev–Trinajstić information content (AvgIpc) is 2.25. The fourth-order valence-electron chi connectivity index (χ4n) is 1.72. The van der Waals surface area contributed by atoms with Crippen LogP contribution in [0.4, 0.5) is 5.69 Å². The van der Waals surface area contributed by atoms with Gasteiger partial charge in [-0.2, -0.15) is 0 Å². The standard InChI is InChI=1S/C11H14N2O4S/c1-6(2)10-11(14)13-8-5-7(18(12,15)16)3-4-9(8)17-10/h3-6,10H,1-2H3,(H,13,14)(H2,12,15,16). The average molecular weight is 270 g/mol. The lowest BCUT2D eigenvalue weighted by Gasteiger charge is -2.28. The van der Waals surface area contributed by atoms with Crippen LogP contribution in [-0.4, -0.2) is 20.4 Å². The van der Waals surface area contributed by atoms with Gasteiger partial charge in [0.2, 0.25) is 10.0 Å². The number of ether oxygens (including phenoxy) is 1. The van der Waals surface area contributed by atoms with Crippen molar-refractivity contribution in [2.24, 2.45) is 11.1 Å². The van der Waals surface area contributed by atoms with E-state index in [0.29, 0.717) is 11.4 Å². The van der Waals surface area contributed by atoms with Crippen LogP contribution in [0.5, 0.6) is 5.75 Å². The van der Waals surface area contributed by atoms with Crippen molar-refractivity contribution in [3.8, 4) is 5.75 Å². The Bertz CT molecular complexity index is 595. The largest absolute Gasteiger partial charge is 0.478 e. The first-order valence-corrected chi connectivity index (χ1v) is 6.98. The van der Waals surface area contributed by atoms with E-state index in [2.05, 4.69) is 5.32 Å². The first-order valence-electron chi connectivity index (χ1n) is 5.43. The molecule has 0 fully saturated rings. The van der Waals surface area contributed by atoms with Crippen LogP contribution in [0, 0.1) is 5.92 Å². The van der Waals surface area contributed by atoms with E-state index in [1.807, 2.05) is 13.8 Å². The van der Waals surface area contributed by atoms with E-state index in [9.17, 15) is 13.2 Å². The second-order valence-electron chi connectivity index (χ2n) is 4.47. The van der Waals surface area contributed by atoms with Gasteiger partial charge in [-0.1, -0.05) is 13.8 Å². The van der Waals surface area contributed by atoms with E-state index in [1.54, 1.807) is 0 Å². The van der Waals surface area contributed by atoms with Crippen LogP contribution in [-0.2, 0) is 14.8 Å². The van der Waals surface area contributed by atoms with Gasteiger partial charge in [0.15, 0.2) is 6.10 Å². The first kappa shape index (κ1) is 12.8. The van der Waals surface area contributed by atoms with Crippen LogP contribution < -0.4 is 15.2 Å². The number of carbonyl (C=O) groups excluding carboxylic acids is 1. The minimum absolute atomic E-state index is 0.0241. The summed E-state index contributed by atoms with van der Waals surface area (Å²) in [7, 11) is -3.79. The van der Waals surface area contributed by atoms with Gasteiger partial charge in [-0.05, 0) is 24.1 Å². The first-order chi connectivity index (χ1) is 8.29. The smallest absolute Gasteiger partial charge is 0.265 e. The number of amides is 1. The zero-order valence-electron chi connectivity index (χ0n) is 10.0. The van der Waals surface area contributed by atoms with Crippen LogP contribution in [0.3, 0.4) is 0 Å². The highest BCUT2D eigenvalue weighted by atomic mass is 32.2. The van der Waals surface area contributed by atoms with E-state index < -0.39 is 16.1 Å². The zero-order valence-corrected chi connectivity index (χ0v) is 10.8. The molecule has 0 saturated carbocycles. The molecule has 3 N–H and O–H groups in total. The predicted molar refractivity (Wildman–Crippen MR) is 65.7 cm³/mol. The molecule has 1 aromatic rings. The number of anilines is 1. The molecule has 0 bridgehead atoms. The predicted octanol–water partition coefficient (Wildman–Crippen LogP) is 0.690. The SMILES string of the molecule is CC(C)C1Oc2ccc(S(N)(=O)=O)cc2NC1=O. The molecular formula is C11H14N2O4S. The maximum absolute atomic E-state index is 11.7. The van der Waals surface area contributed by atoms with E-state index in [-0.39, 0.29) is 16.7 Å². The van der Waals surface area contributed by atoms with Crippen molar-refractivity contribution in [3.63, 3.8) is 0 Å². The summed E-state index contributed by atoms with van der Waals surface area (Å²) in [4.78, 5) is 11.7. The number of rotatable bonds is 2. The molecule has 7 heteroatoms. The Morgan fingerprint density at radius 3 is 2.61 bits per heavy atom. The number of nitrogens with two attached hydrogens (primary N) is 1. The number of fused-ring (bicyclic) bond motifs is 1. The second-order valence-corrected chi connectivity index (χ2v) is 6.04. The number of benzene rings is 1.